The molecule has 2 aliphatic heterocycles. The average molecular weight is 425 g/mol. The zero-order valence-electron chi connectivity index (χ0n) is 16.5. The minimum atomic E-state index is -3.32. The van der Waals surface area contributed by atoms with E-state index in [4.69, 9.17) is 4.98 Å². The van der Waals surface area contributed by atoms with Crippen molar-refractivity contribution >= 4 is 32.2 Å². The van der Waals surface area contributed by atoms with Crippen LogP contribution in [-0.2, 0) is 16.4 Å². The fraction of sp³-hybridized carbons (Fsp3) is 0.318. The maximum absolute atomic E-state index is 12.7. The maximum Gasteiger partial charge on any atom is 0.180 e. The van der Waals surface area contributed by atoms with Gasteiger partial charge < -0.3 is 20.6 Å². The molecule has 8 heteroatoms. The minimum absolute atomic E-state index is 0.0482. The van der Waals surface area contributed by atoms with Crippen LogP contribution in [0.5, 0.6) is 0 Å². The van der Waals surface area contributed by atoms with Crippen LogP contribution in [0.2, 0.25) is 0 Å². The Morgan fingerprint density at radius 2 is 1.90 bits per heavy atom. The van der Waals surface area contributed by atoms with E-state index in [0.717, 1.165) is 28.0 Å². The Morgan fingerprint density at radius 3 is 2.73 bits per heavy atom. The van der Waals surface area contributed by atoms with Crippen LogP contribution in [0, 0.1) is 0 Å². The molecule has 3 heterocycles. The lowest BCUT2D eigenvalue weighted by Gasteiger charge is -2.24. The van der Waals surface area contributed by atoms with Crippen molar-refractivity contribution in [2.45, 2.75) is 23.6 Å². The number of β-amino-alcohol motifs (C(OH)–C–C–N with tert-alkyl or cyclic N) is 1. The number of nitrogens with one attached hydrogen (secondary N) is 2. The van der Waals surface area contributed by atoms with E-state index in [0.29, 0.717) is 31.1 Å². The quantitative estimate of drug-likeness (QED) is 0.590. The van der Waals surface area contributed by atoms with Crippen LogP contribution >= 0.6 is 0 Å². The van der Waals surface area contributed by atoms with Crippen molar-refractivity contribution in [1.82, 2.24) is 10.3 Å². The molecule has 7 nitrogen and oxygen atoms in total. The molecule has 156 valence electrons. The zero-order valence-corrected chi connectivity index (χ0v) is 17.3. The first-order chi connectivity index (χ1) is 14.5. The van der Waals surface area contributed by atoms with Crippen LogP contribution in [0.25, 0.3) is 10.9 Å². The molecular weight excluding hydrogens is 400 g/mol. The lowest BCUT2D eigenvalue weighted by Crippen LogP contribution is -2.32. The molecule has 2 aromatic carbocycles. The van der Waals surface area contributed by atoms with Gasteiger partial charge in [-0.3, -0.25) is 0 Å². The van der Waals surface area contributed by atoms with Crippen LogP contribution in [0.1, 0.15) is 5.56 Å². The van der Waals surface area contributed by atoms with Gasteiger partial charge in [-0.15, -0.1) is 0 Å². The number of nitrogens with zero attached hydrogens (tertiary/aromatic N) is 2. The highest BCUT2D eigenvalue weighted by atomic mass is 32.2. The van der Waals surface area contributed by atoms with Crippen molar-refractivity contribution in [3.63, 3.8) is 0 Å². The highest BCUT2D eigenvalue weighted by Crippen LogP contribution is 2.31. The third kappa shape index (κ3) is 3.51. The highest BCUT2D eigenvalue weighted by molar-refractivity contribution is 7.91. The number of rotatable bonds is 3. The Kier molecular flexibility index (Phi) is 4.85. The second kappa shape index (κ2) is 7.54. The predicted octanol–water partition coefficient (Wildman–Crippen LogP) is 1.77. The molecule has 3 aromatic rings. The topological polar surface area (TPSA) is 94.6 Å². The van der Waals surface area contributed by atoms with Gasteiger partial charge in [0.15, 0.2) is 9.84 Å². The van der Waals surface area contributed by atoms with Crippen molar-refractivity contribution in [1.29, 1.82) is 0 Å². The molecule has 0 spiro atoms. The summed E-state index contributed by atoms with van der Waals surface area (Å²) in [5.41, 5.74) is 2.51. The Balaban J connectivity index is 1.56. The summed E-state index contributed by atoms with van der Waals surface area (Å²) in [5.74, 6) is 0.774. The zero-order chi connectivity index (χ0) is 20.7. The first-order valence-corrected chi connectivity index (χ1v) is 11.8. The van der Waals surface area contributed by atoms with Gasteiger partial charge in [0.2, 0.25) is 0 Å². The second-order valence-corrected chi connectivity index (χ2v) is 9.95. The lowest BCUT2D eigenvalue weighted by atomic mass is 10.1. The van der Waals surface area contributed by atoms with Crippen molar-refractivity contribution in [2.75, 3.05) is 35.6 Å². The molecule has 30 heavy (non-hydrogen) atoms. The van der Waals surface area contributed by atoms with Crippen molar-refractivity contribution < 1.29 is 13.5 Å². The van der Waals surface area contributed by atoms with Crippen molar-refractivity contribution in [3.05, 3.63) is 60.2 Å². The van der Waals surface area contributed by atoms with Gasteiger partial charge in [0.05, 0.1) is 28.3 Å². The normalized spacial score (nSPS) is 23.2. The number of fused-ring (bicyclic) bond motifs is 2. The van der Waals surface area contributed by atoms with Crippen LogP contribution in [-0.4, -0.2) is 56.0 Å². The summed E-state index contributed by atoms with van der Waals surface area (Å²) in [6.45, 7) is 2.10. The van der Waals surface area contributed by atoms with Crippen LogP contribution in [0.15, 0.2) is 59.5 Å². The Labute approximate surface area is 175 Å². The van der Waals surface area contributed by atoms with Gasteiger partial charge in [0.25, 0.3) is 0 Å². The first-order valence-electron chi connectivity index (χ1n) is 10.1. The van der Waals surface area contributed by atoms with E-state index in [1.54, 1.807) is 12.1 Å². The number of anilines is 2. The summed E-state index contributed by atoms with van der Waals surface area (Å²) >= 11 is 0. The number of hydrogen-bond acceptors (Lipinski definition) is 7. The van der Waals surface area contributed by atoms with Crippen LogP contribution in [0.4, 0.5) is 11.5 Å². The van der Waals surface area contributed by atoms with Gasteiger partial charge in [-0.1, -0.05) is 36.4 Å². The Morgan fingerprint density at radius 1 is 1.10 bits per heavy atom. The molecule has 0 amide bonds. The molecule has 0 aliphatic carbocycles. The second-order valence-electron chi connectivity index (χ2n) is 7.87. The largest absolute Gasteiger partial charge is 0.390 e. The number of aromatic nitrogens is 1. The molecule has 1 saturated heterocycles. The number of aliphatic hydroxyl groups is 1. The van der Waals surface area contributed by atoms with E-state index in [2.05, 4.69) is 10.6 Å². The monoisotopic (exact) mass is 424 g/mol. The van der Waals surface area contributed by atoms with E-state index in [9.17, 15) is 13.5 Å². The van der Waals surface area contributed by atoms with E-state index in [1.165, 1.54) is 0 Å². The summed E-state index contributed by atoms with van der Waals surface area (Å²) < 4.78 is 25.4. The average Bonchev–Trinajstić information content (AvgIpc) is 3.09. The van der Waals surface area contributed by atoms with Crippen LogP contribution < -0.4 is 15.5 Å². The van der Waals surface area contributed by atoms with Crippen molar-refractivity contribution in [2.24, 2.45) is 0 Å². The molecule has 3 N–H and O–H groups in total. The summed E-state index contributed by atoms with van der Waals surface area (Å²) in [4.78, 5) is 7.26. The number of aliphatic hydroxyl groups excluding tert-OH is 1. The number of sulfone groups is 1. The number of hydrogen-bond donors (Lipinski definition) is 3. The molecule has 2 aliphatic rings. The van der Waals surface area contributed by atoms with Crippen molar-refractivity contribution in [3.8, 4) is 0 Å². The van der Waals surface area contributed by atoms with E-state index in [1.807, 2.05) is 47.4 Å². The molecule has 1 aromatic heterocycles. The molecule has 0 radical (unpaired) electrons. The maximum atomic E-state index is 12.7. The molecule has 1 fully saturated rings. The lowest BCUT2D eigenvalue weighted by molar-refractivity contribution is 0.185. The smallest absolute Gasteiger partial charge is 0.180 e. The summed E-state index contributed by atoms with van der Waals surface area (Å²) in [7, 11) is -3.32. The summed E-state index contributed by atoms with van der Waals surface area (Å²) in [6.07, 6.45) is -0.462. The van der Waals surface area contributed by atoms with E-state index < -0.39 is 15.9 Å². The molecule has 5 rings (SSSR count). The first kappa shape index (κ1) is 19.3. The number of benzene rings is 2. The van der Waals surface area contributed by atoms with Crippen LogP contribution in [0.3, 0.4) is 0 Å². The molecule has 2 atom stereocenters. The Hall–Kier alpha value is -2.68. The summed E-state index contributed by atoms with van der Waals surface area (Å²) in [6, 6.07) is 16.9. The van der Waals surface area contributed by atoms with Gasteiger partial charge in [0.1, 0.15) is 5.82 Å². The molecule has 2 unspecified atom stereocenters. The van der Waals surface area contributed by atoms with Gasteiger partial charge in [-0.25, -0.2) is 13.4 Å². The fourth-order valence-corrected chi connectivity index (χ4v) is 5.71. The summed E-state index contributed by atoms with van der Waals surface area (Å²) in [5, 5.41) is 17.9. The molecular formula is C22H24N4O3S. The third-order valence-electron chi connectivity index (χ3n) is 5.85. The molecule has 0 bridgehead atoms. The van der Waals surface area contributed by atoms with Gasteiger partial charge in [-0.2, -0.15) is 0 Å². The standard InChI is InChI=1S/C22H24N4O3S/c27-20-13-23-12-19(20)24-18-11-22(25-17-7-3-2-6-16(17)18)26-9-10-30(28,29)21-8-4-1-5-15(21)14-26/h1-8,11,19-20,23,27H,9-10,12-14H2,(H,24,25). The molecule has 0 saturated carbocycles. The van der Waals surface area contributed by atoms with Gasteiger partial charge in [-0.05, 0) is 17.7 Å². The number of pyridine rings is 1. The number of para-hydroxylation sites is 1. The fourth-order valence-electron chi connectivity index (χ4n) is 4.21. The van der Waals surface area contributed by atoms with E-state index in [-0.39, 0.29) is 11.8 Å². The minimum Gasteiger partial charge on any atom is -0.390 e. The van der Waals surface area contributed by atoms with Gasteiger partial charge >= 0.3 is 0 Å². The highest BCUT2D eigenvalue weighted by Gasteiger charge is 2.28. The SMILES string of the molecule is O=S1(=O)CCN(c2cc(NC3CNCC3O)c3ccccc3n2)Cc2ccccc21. The predicted molar refractivity (Wildman–Crippen MR) is 118 cm³/mol. The van der Waals surface area contributed by atoms with E-state index >= 15 is 0 Å². The Bertz CT molecular complexity index is 1200. The van der Waals surface area contributed by atoms with Gasteiger partial charge in [0, 0.05) is 43.3 Å². The third-order valence-corrected chi connectivity index (χ3v) is 7.64.